The number of rotatable bonds is 16. The van der Waals surface area contributed by atoms with Gasteiger partial charge in [-0.3, -0.25) is 9.59 Å². The smallest absolute Gasteiger partial charge is 0.207 e. The van der Waals surface area contributed by atoms with Crippen molar-refractivity contribution in [2.24, 2.45) is 0 Å². The number of carbonyl (C=O) groups is 2. The Morgan fingerprint density at radius 3 is 1.15 bits per heavy atom. The van der Waals surface area contributed by atoms with Crippen LogP contribution in [0.25, 0.3) is 0 Å². The fourth-order valence-electron chi connectivity index (χ4n) is 3.55. The maximum absolute atomic E-state index is 12.0. The molecule has 0 atom stereocenters. The third-order valence-corrected chi connectivity index (χ3v) is 7.25. The van der Waals surface area contributed by atoms with Crippen molar-refractivity contribution < 1.29 is 47.5 Å². The van der Waals surface area contributed by atoms with Crippen molar-refractivity contribution in [2.75, 3.05) is 54.9 Å². The first-order valence-electron chi connectivity index (χ1n) is 13.7. The Hall–Kier alpha value is -4.42. The van der Waals surface area contributed by atoms with Gasteiger partial charge >= 0.3 is 0 Å². The molecule has 0 unspecified atom stereocenters. The minimum absolute atomic E-state index is 0.0584. The van der Waals surface area contributed by atoms with E-state index in [1.807, 2.05) is 0 Å². The molecule has 0 aromatic heterocycles. The Kier molecular flexibility index (Phi) is 15.0. The first-order valence-corrected chi connectivity index (χ1v) is 15.3. The summed E-state index contributed by atoms with van der Waals surface area (Å²) < 4.78 is 43.8. The highest BCUT2D eigenvalue weighted by Crippen LogP contribution is 2.30. The number of hydrogen-bond acceptors (Lipinski definition) is 10. The van der Waals surface area contributed by atoms with E-state index in [0.717, 1.165) is 8.95 Å². The minimum Gasteiger partial charge on any atom is -0.497 e. The number of benzene rings is 4. The zero-order chi connectivity index (χ0) is 33.3. The molecule has 0 heterocycles. The molecule has 0 aliphatic rings. The average Bonchev–Trinajstić information content (AvgIpc) is 3.09. The molecule has 0 radical (unpaired) electrons. The monoisotopic (exact) mass is 760 g/mol. The number of Topliss-reactive ketones (excluding diaryl/α,β-unsaturated/α-hetero) is 2. The van der Waals surface area contributed by atoms with Gasteiger partial charge in [-0.15, -0.1) is 0 Å². The molecule has 244 valence electrons. The van der Waals surface area contributed by atoms with Crippen molar-refractivity contribution in [1.29, 1.82) is 0 Å². The summed E-state index contributed by atoms with van der Waals surface area (Å²) >= 11 is 6.74. The van der Waals surface area contributed by atoms with Crippen LogP contribution in [-0.4, -0.2) is 66.4 Å². The van der Waals surface area contributed by atoms with Crippen LogP contribution in [0, 0.1) is 0 Å². The molecule has 0 aliphatic heterocycles. The van der Waals surface area contributed by atoms with Crippen molar-refractivity contribution in [2.45, 2.75) is 0 Å². The lowest BCUT2D eigenvalue weighted by Crippen LogP contribution is -2.19. The standard InChI is InChI=1S/C17H16Br2O5.C17H18O5/c1-21-12-3-5-14(18)16(7-12)23-9-11(20)10-24-17-8-13(22-2)4-6-15(17)19;1-19-14-5-3-7-16(9-14)21-11-13(18)12-22-17-8-4-6-15(10-17)20-2/h3-8H,9-10H2,1-2H3;3-10H,11-12H2,1-2H3. The van der Waals surface area contributed by atoms with Crippen LogP contribution in [0.3, 0.4) is 0 Å². The van der Waals surface area contributed by atoms with E-state index in [9.17, 15) is 9.59 Å². The highest BCUT2D eigenvalue weighted by molar-refractivity contribution is 9.10. The van der Waals surface area contributed by atoms with Crippen LogP contribution in [0.1, 0.15) is 0 Å². The quantitative estimate of drug-likeness (QED) is 0.119. The molecule has 0 N–H and O–H groups in total. The van der Waals surface area contributed by atoms with E-state index in [-0.39, 0.29) is 38.0 Å². The lowest BCUT2D eigenvalue weighted by Gasteiger charge is -2.11. The average molecular weight is 762 g/mol. The minimum atomic E-state index is -0.195. The molecule has 10 nitrogen and oxygen atoms in total. The molecule has 0 spiro atoms. The Morgan fingerprint density at radius 1 is 0.457 bits per heavy atom. The molecular weight excluding hydrogens is 728 g/mol. The van der Waals surface area contributed by atoms with Crippen molar-refractivity contribution in [3.63, 3.8) is 0 Å². The molecule has 12 heteroatoms. The lowest BCUT2D eigenvalue weighted by molar-refractivity contribution is -0.123. The van der Waals surface area contributed by atoms with Gasteiger partial charge in [0.2, 0.25) is 11.6 Å². The summed E-state index contributed by atoms with van der Waals surface area (Å²) in [6.07, 6.45) is 0. The molecule has 0 amide bonds. The molecule has 0 bridgehead atoms. The molecule has 4 rings (SSSR count). The second-order valence-corrected chi connectivity index (χ2v) is 10.9. The van der Waals surface area contributed by atoms with E-state index in [0.29, 0.717) is 46.0 Å². The number of carbonyl (C=O) groups excluding carboxylic acids is 2. The Balaban J connectivity index is 0.000000251. The summed E-state index contributed by atoms with van der Waals surface area (Å²) in [5.41, 5.74) is 0. The van der Waals surface area contributed by atoms with Gasteiger partial charge in [0.25, 0.3) is 0 Å². The molecule has 0 saturated heterocycles. The normalized spacial score (nSPS) is 10.0. The maximum Gasteiger partial charge on any atom is 0.207 e. The van der Waals surface area contributed by atoms with Gasteiger partial charge in [0.1, 0.15) is 59.2 Å². The molecular formula is C34H34Br2O10. The predicted octanol–water partition coefficient (Wildman–Crippen LogP) is 6.99. The molecule has 0 fully saturated rings. The zero-order valence-corrected chi connectivity index (χ0v) is 28.9. The molecule has 46 heavy (non-hydrogen) atoms. The maximum atomic E-state index is 12.0. The van der Waals surface area contributed by atoms with Crippen molar-refractivity contribution in [3.05, 3.63) is 93.9 Å². The van der Waals surface area contributed by atoms with Crippen LogP contribution in [0.4, 0.5) is 0 Å². The second kappa shape index (κ2) is 19.2. The highest BCUT2D eigenvalue weighted by atomic mass is 79.9. The van der Waals surface area contributed by atoms with E-state index in [1.54, 1.807) is 113 Å². The van der Waals surface area contributed by atoms with Crippen LogP contribution >= 0.6 is 31.9 Å². The summed E-state index contributed by atoms with van der Waals surface area (Å²) in [7, 11) is 6.29. The number of ether oxygens (including phenoxy) is 8. The van der Waals surface area contributed by atoms with Gasteiger partial charge < -0.3 is 37.9 Å². The number of methoxy groups -OCH3 is 4. The molecule has 4 aromatic rings. The first kappa shape index (κ1) is 36.1. The summed E-state index contributed by atoms with van der Waals surface area (Å²) in [6, 6.07) is 24.8. The highest BCUT2D eigenvalue weighted by Gasteiger charge is 2.11. The van der Waals surface area contributed by atoms with Gasteiger partial charge in [-0.25, -0.2) is 0 Å². The van der Waals surface area contributed by atoms with Crippen LogP contribution in [0.5, 0.6) is 46.0 Å². The van der Waals surface area contributed by atoms with Crippen molar-refractivity contribution in [3.8, 4) is 46.0 Å². The first-order chi connectivity index (χ1) is 22.2. The predicted molar refractivity (Wildman–Crippen MR) is 179 cm³/mol. The lowest BCUT2D eigenvalue weighted by atomic mass is 10.3. The van der Waals surface area contributed by atoms with E-state index >= 15 is 0 Å². The van der Waals surface area contributed by atoms with Crippen LogP contribution in [0.15, 0.2) is 93.9 Å². The molecule has 0 saturated carbocycles. The van der Waals surface area contributed by atoms with Gasteiger partial charge in [-0.05, 0) is 80.4 Å². The summed E-state index contributed by atoms with van der Waals surface area (Å²) in [6.45, 7) is -0.324. The third-order valence-electron chi connectivity index (χ3n) is 5.94. The Labute approximate surface area is 284 Å². The Morgan fingerprint density at radius 2 is 0.783 bits per heavy atom. The topological polar surface area (TPSA) is 108 Å². The SMILES string of the molecule is COc1ccc(Br)c(OCC(=O)COc2cc(OC)ccc2Br)c1.COc1cccc(OCC(=O)COc2cccc(OC)c2)c1. The van der Waals surface area contributed by atoms with E-state index in [4.69, 9.17) is 37.9 Å². The number of halogens is 2. The summed E-state index contributed by atoms with van der Waals surface area (Å²) in [5, 5.41) is 0. The van der Waals surface area contributed by atoms with Crippen LogP contribution in [0.2, 0.25) is 0 Å². The molecule has 4 aromatic carbocycles. The third kappa shape index (κ3) is 12.2. The van der Waals surface area contributed by atoms with E-state index in [1.165, 1.54) is 0 Å². The van der Waals surface area contributed by atoms with Crippen LogP contribution < -0.4 is 37.9 Å². The zero-order valence-electron chi connectivity index (χ0n) is 25.7. The summed E-state index contributed by atoms with van der Waals surface area (Å²) in [4.78, 5) is 23.8. The van der Waals surface area contributed by atoms with E-state index < -0.39 is 0 Å². The number of ketones is 2. The largest absolute Gasteiger partial charge is 0.497 e. The summed E-state index contributed by atoms with van der Waals surface area (Å²) in [5.74, 6) is 4.52. The van der Waals surface area contributed by atoms with E-state index in [2.05, 4.69) is 31.9 Å². The van der Waals surface area contributed by atoms with Gasteiger partial charge in [-0.2, -0.15) is 0 Å². The van der Waals surface area contributed by atoms with Crippen molar-refractivity contribution in [1.82, 2.24) is 0 Å². The van der Waals surface area contributed by atoms with Crippen molar-refractivity contribution >= 4 is 43.4 Å². The number of hydrogen-bond donors (Lipinski definition) is 0. The van der Waals surface area contributed by atoms with Crippen LogP contribution in [-0.2, 0) is 9.59 Å². The molecule has 0 aliphatic carbocycles. The fraction of sp³-hybridized carbons (Fsp3) is 0.235. The second-order valence-electron chi connectivity index (χ2n) is 9.18. The van der Waals surface area contributed by atoms with Gasteiger partial charge in [0, 0.05) is 24.3 Å². The Bertz CT molecular complexity index is 1460. The van der Waals surface area contributed by atoms with Gasteiger partial charge in [-0.1, -0.05) is 12.1 Å². The fourth-order valence-corrected chi connectivity index (χ4v) is 4.27. The van der Waals surface area contributed by atoms with Gasteiger partial charge in [0.15, 0.2) is 13.2 Å². The van der Waals surface area contributed by atoms with Gasteiger partial charge in [0.05, 0.1) is 37.4 Å².